The summed E-state index contributed by atoms with van der Waals surface area (Å²) in [7, 11) is 0. The van der Waals surface area contributed by atoms with Crippen molar-refractivity contribution >= 4 is 17.7 Å². The van der Waals surface area contributed by atoms with Crippen molar-refractivity contribution in [2.45, 2.75) is 13.1 Å². The molecule has 0 aliphatic carbocycles. The average molecular weight is 264 g/mol. The third-order valence-electron chi connectivity index (χ3n) is 3.40. The van der Waals surface area contributed by atoms with Gasteiger partial charge in [0, 0.05) is 5.69 Å². The van der Waals surface area contributed by atoms with Crippen molar-refractivity contribution in [1.82, 2.24) is 5.32 Å². The number of fused-ring (bicyclic) bond motifs is 1. The van der Waals surface area contributed by atoms with Crippen LogP contribution in [0.15, 0.2) is 60.2 Å². The van der Waals surface area contributed by atoms with Gasteiger partial charge in [0.05, 0.1) is 5.56 Å². The van der Waals surface area contributed by atoms with E-state index in [4.69, 9.17) is 0 Å². The van der Waals surface area contributed by atoms with Crippen LogP contribution in [0.3, 0.4) is 0 Å². The van der Waals surface area contributed by atoms with Gasteiger partial charge in [0.25, 0.3) is 5.91 Å². The van der Waals surface area contributed by atoms with E-state index >= 15 is 0 Å². The molecule has 1 aliphatic rings. The molecule has 1 unspecified atom stereocenters. The fourth-order valence-electron chi connectivity index (χ4n) is 2.33. The van der Waals surface area contributed by atoms with Crippen LogP contribution in [-0.4, -0.2) is 12.1 Å². The van der Waals surface area contributed by atoms with Gasteiger partial charge in [-0.25, -0.2) is 0 Å². The van der Waals surface area contributed by atoms with Crippen LogP contribution in [0.5, 0.6) is 0 Å². The molecule has 0 radical (unpaired) electrons. The van der Waals surface area contributed by atoms with Crippen molar-refractivity contribution in [3.8, 4) is 0 Å². The molecule has 20 heavy (non-hydrogen) atoms. The summed E-state index contributed by atoms with van der Waals surface area (Å²) in [6, 6.07) is 17.6. The molecule has 0 aromatic heterocycles. The monoisotopic (exact) mass is 264 g/mol. The van der Waals surface area contributed by atoms with Crippen LogP contribution in [0.25, 0.3) is 6.08 Å². The molecule has 1 amide bonds. The van der Waals surface area contributed by atoms with E-state index in [1.807, 2.05) is 61.5 Å². The number of carbonyl (C=O) groups excluding carboxylic acids is 1. The molecule has 1 aliphatic heterocycles. The minimum Gasteiger partial charge on any atom is -0.361 e. The van der Waals surface area contributed by atoms with E-state index in [0.29, 0.717) is 5.56 Å². The number of para-hydroxylation sites is 1. The molecule has 0 spiro atoms. The zero-order chi connectivity index (χ0) is 13.9. The highest BCUT2D eigenvalue weighted by Gasteiger charge is 2.23. The minimum atomic E-state index is -0.169. The van der Waals surface area contributed by atoms with Crippen molar-refractivity contribution in [2.75, 3.05) is 5.32 Å². The molecule has 0 bridgehead atoms. The summed E-state index contributed by atoms with van der Waals surface area (Å²) in [6.07, 6.45) is 1.91. The van der Waals surface area contributed by atoms with Crippen LogP contribution in [0, 0.1) is 0 Å². The van der Waals surface area contributed by atoms with Gasteiger partial charge in [-0.05, 0) is 30.2 Å². The van der Waals surface area contributed by atoms with Crippen molar-refractivity contribution in [2.24, 2.45) is 0 Å². The normalized spacial score (nSPS) is 17.9. The van der Waals surface area contributed by atoms with Gasteiger partial charge in [0.1, 0.15) is 6.17 Å². The number of benzene rings is 2. The maximum absolute atomic E-state index is 12.1. The maximum atomic E-state index is 12.1. The zero-order valence-corrected chi connectivity index (χ0v) is 11.3. The SMILES string of the molecule is C/C(=C\c1ccccc1)C1NC(=O)c2ccccc2N1. The predicted octanol–water partition coefficient (Wildman–Crippen LogP) is 3.27. The Morgan fingerprint density at radius 2 is 1.70 bits per heavy atom. The smallest absolute Gasteiger partial charge is 0.255 e. The zero-order valence-electron chi connectivity index (χ0n) is 11.3. The van der Waals surface area contributed by atoms with Crippen LogP contribution < -0.4 is 10.6 Å². The van der Waals surface area contributed by atoms with Crippen LogP contribution >= 0.6 is 0 Å². The van der Waals surface area contributed by atoms with E-state index in [0.717, 1.165) is 16.8 Å². The van der Waals surface area contributed by atoms with Gasteiger partial charge in [0.15, 0.2) is 0 Å². The Bertz CT molecular complexity index is 662. The van der Waals surface area contributed by atoms with Crippen LogP contribution in [-0.2, 0) is 0 Å². The third-order valence-corrected chi connectivity index (χ3v) is 3.40. The molecule has 0 saturated carbocycles. The molecule has 3 heteroatoms. The Labute approximate surface area is 118 Å². The van der Waals surface area contributed by atoms with Crippen molar-refractivity contribution < 1.29 is 4.79 Å². The average Bonchev–Trinajstić information content (AvgIpc) is 2.48. The first-order chi connectivity index (χ1) is 9.74. The second-order valence-corrected chi connectivity index (χ2v) is 4.90. The molecule has 1 atom stereocenters. The van der Waals surface area contributed by atoms with Gasteiger partial charge in [-0.3, -0.25) is 4.79 Å². The summed E-state index contributed by atoms with van der Waals surface area (Å²) in [6.45, 7) is 2.01. The number of nitrogens with one attached hydrogen (secondary N) is 2. The molecular formula is C17H16N2O. The van der Waals surface area contributed by atoms with Crippen molar-refractivity contribution in [1.29, 1.82) is 0 Å². The van der Waals surface area contributed by atoms with Crippen LogP contribution in [0.1, 0.15) is 22.8 Å². The molecule has 2 N–H and O–H groups in total. The van der Waals surface area contributed by atoms with E-state index in [1.54, 1.807) is 0 Å². The van der Waals surface area contributed by atoms with Gasteiger partial charge >= 0.3 is 0 Å². The Kier molecular flexibility index (Phi) is 3.25. The fraction of sp³-hybridized carbons (Fsp3) is 0.118. The Balaban J connectivity index is 1.86. The molecular weight excluding hydrogens is 248 g/mol. The number of rotatable bonds is 2. The number of carbonyl (C=O) groups is 1. The first-order valence-corrected chi connectivity index (χ1v) is 6.64. The number of hydrogen-bond donors (Lipinski definition) is 2. The van der Waals surface area contributed by atoms with Crippen LogP contribution in [0.4, 0.5) is 5.69 Å². The standard InChI is InChI=1S/C17H16N2O/c1-12(11-13-7-3-2-4-8-13)16-18-15-10-6-5-9-14(15)17(20)19-16/h2-11,16,18H,1H3,(H,19,20)/b12-11+. The van der Waals surface area contributed by atoms with E-state index in [9.17, 15) is 4.79 Å². The van der Waals surface area contributed by atoms with Gasteiger partial charge in [-0.2, -0.15) is 0 Å². The largest absolute Gasteiger partial charge is 0.361 e. The second kappa shape index (κ2) is 5.21. The first-order valence-electron chi connectivity index (χ1n) is 6.64. The topological polar surface area (TPSA) is 41.1 Å². The summed E-state index contributed by atoms with van der Waals surface area (Å²) in [5.74, 6) is -0.0369. The fourth-order valence-corrected chi connectivity index (χ4v) is 2.33. The summed E-state index contributed by atoms with van der Waals surface area (Å²) in [5, 5.41) is 6.32. The molecule has 2 aromatic carbocycles. The maximum Gasteiger partial charge on any atom is 0.255 e. The number of hydrogen-bond acceptors (Lipinski definition) is 2. The highest BCUT2D eigenvalue weighted by atomic mass is 16.2. The molecule has 100 valence electrons. The molecule has 0 fully saturated rings. The van der Waals surface area contributed by atoms with Crippen LogP contribution in [0.2, 0.25) is 0 Å². The lowest BCUT2D eigenvalue weighted by atomic mass is 10.0. The highest BCUT2D eigenvalue weighted by Crippen LogP contribution is 2.22. The highest BCUT2D eigenvalue weighted by molar-refractivity contribution is 6.02. The van der Waals surface area contributed by atoms with Gasteiger partial charge in [0.2, 0.25) is 0 Å². The van der Waals surface area contributed by atoms with Gasteiger partial charge < -0.3 is 10.6 Å². The molecule has 1 heterocycles. The first kappa shape index (κ1) is 12.5. The summed E-state index contributed by atoms with van der Waals surface area (Å²) < 4.78 is 0. The van der Waals surface area contributed by atoms with Crippen molar-refractivity contribution in [3.63, 3.8) is 0 Å². The van der Waals surface area contributed by atoms with E-state index in [1.165, 1.54) is 0 Å². The Morgan fingerprint density at radius 3 is 2.50 bits per heavy atom. The summed E-state index contributed by atoms with van der Waals surface area (Å²) in [4.78, 5) is 12.1. The quantitative estimate of drug-likeness (QED) is 0.874. The second-order valence-electron chi connectivity index (χ2n) is 4.90. The Morgan fingerprint density at radius 1 is 1.00 bits per heavy atom. The third kappa shape index (κ3) is 2.43. The summed E-state index contributed by atoms with van der Waals surface area (Å²) >= 11 is 0. The van der Waals surface area contributed by atoms with E-state index in [2.05, 4.69) is 16.7 Å². The molecule has 2 aromatic rings. The van der Waals surface area contributed by atoms with Gasteiger partial charge in [-0.15, -0.1) is 0 Å². The van der Waals surface area contributed by atoms with E-state index < -0.39 is 0 Å². The number of anilines is 1. The molecule has 0 saturated heterocycles. The van der Waals surface area contributed by atoms with Crippen molar-refractivity contribution in [3.05, 3.63) is 71.3 Å². The lowest BCUT2D eigenvalue weighted by Gasteiger charge is -2.28. The summed E-state index contributed by atoms with van der Waals surface area (Å²) in [5.41, 5.74) is 3.76. The lowest BCUT2D eigenvalue weighted by Crippen LogP contribution is -2.45. The number of amides is 1. The predicted molar refractivity (Wildman–Crippen MR) is 81.4 cm³/mol. The Hall–Kier alpha value is -2.55. The lowest BCUT2D eigenvalue weighted by molar-refractivity contribution is 0.0941. The van der Waals surface area contributed by atoms with E-state index in [-0.39, 0.29) is 12.1 Å². The van der Waals surface area contributed by atoms with Gasteiger partial charge in [-0.1, -0.05) is 48.5 Å². The molecule has 3 rings (SSSR count). The molecule has 3 nitrogen and oxygen atoms in total. The minimum absolute atomic E-state index is 0.0369.